The molecular formula is C24H36N4. The van der Waals surface area contributed by atoms with Crippen molar-refractivity contribution in [2.24, 2.45) is 5.41 Å². The summed E-state index contributed by atoms with van der Waals surface area (Å²) in [6, 6.07) is 4.50. The van der Waals surface area contributed by atoms with E-state index in [2.05, 4.69) is 47.3 Å². The third-order valence-corrected chi connectivity index (χ3v) is 5.78. The van der Waals surface area contributed by atoms with Gasteiger partial charge in [-0.2, -0.15) is 0 Å². The fourth-order valence-electron chi connectivity index (χ4n) is 4.67. The van der Waals surface area contributed by atoms with E-state index < -0.39 is 0 Å². The van der Waals surface area contributed by atoms with Gasteiger partial charge in [0.2, 0.25) is 0 Å². The first kappa shape index (κ1) is 20.7. The van der Waals surface area contributed by atoms with Gasteiger partial charge in [0.05, 0.1) is 11.4 Å². The predicted molar refractivity (Wildman–Crippen MR) is 119 cm³/mol. The molecule has 0 spiro atoms. The second-order valence-corrected chi connectivity index (χ2v) is 8.15. The van der Waals surface area contributed by atoms with Crippen LogP contribution in [0.2, 0.25) is 0 Å². The summed E-state index contributed by atoms with van der Waals surface area (Å²) in [5, 5.41) is 3.44. The Morgan fingerprint density at radius 3 is 2.54 bits per heavy atom. The number of nitrogens with one attached hydrogen (secondary N) is 1. The van der Waals surface area contributed by atoms with Crippen LogP contribution in [0.15, 0.2) is 24.9 Å². The van der Waals surface area contributed by atoms with Crippen molar-refractivity contribution >= 4 is 11.5 Å². The molecule has 5 rings (SSSR count). The molecule has 28 heavy (non-hydrogen) atoms. The molecule has 1 aliphatic carbocycles. The Labute approximate surface area is 170 Å². The minimum atomic E-state index is 0.401. The third-order valence-electron chi connectivity index (χ3n) is 5.78. The van der Waals surface area contributed by atoms with E-state index in [1.54, 1.807) is 0 Å². The van der Waals surface area contributed by atoms with Gasteiger partial charge in [-0.25, -0.2) is 4.98 Å². The summed E-state index contributed by atoms with van der Waals surface area (Å²) in [5.41, 5.74) is 8.55. The maximum Gasteiger partial charge on any atom is 0.137 e. The van der Waals surface area contributed by atoms with Crippen LogP contribution in [0.3, 0.4) is 0 Å². The first-order chi connectivity index (χ1) is 13.5. The molecule has 2 aliphatic heterocycles. The fourth-order valence-corrected chi connectivity index (χ4v) is 4.67. The highest BCUT2D eigenvalue weighted by atomic mass is 15.3. The Morgan fingerprint density at radius 1 is 1.04 bits per heavy atom. The molecule has 4 heteroatoms. The molecule has 0 saturated carbocycles. The van der Waals surface area contributed by atoms with Gasteiger partial charge in [-0.05, 0) is 41.5 Å². The zero-order chi connectivity index (χ0) is 20.5. The van der Waals surface area contributed by atoms with Crippen LogP contribution in [0.5, 0.6) is 0 Å². The Bertz CT molecular complexity index is 860. The molecule has 0 aromatic carbocycles. The SMILES string of the molecule is C=C1c2cc3c(n2CCN1c1nccc2c1CNC2)CC(C)(C)C3.CC.CC. The summed E-state index contributed by atoms with van der Waals surface area (Å²) in [6.45, 7) is 21.0. The molecule has 0 radical (unpaired) electrons. The molecule has 4 heterocycles. The van der Waals surface area contributed by atoms with Gasteiger partial charge < -0.3 is 14.8 Å². The molecule has 1 N–H and O–H groups in total. The molecular weight excluding hydrogens is 344 g/mol. The smallest absolute Gasteiger partial charge is 0.137 e. The van der Waals surface area contributed by atoms with E-state index in [9.17, 15) is 0 Å². The summed E-state index contributed by atoms with van der Waals surface area (Å²) < 4.78 is 2.50. The van der Waals surface area contributed by atoms with E-state index in [-0.39, 0.29) is 0 Å². The third kappa shape index (κ3) is 3.39. The molecule has 2 aromatic rings. The van der Waals surface area contributed by atoms with Crippen LogP contribution in [-0.2, 0) is 32.5 Å². The van der Waals surface area contributed by atoms with Gasteiger partial charge >= 0.3 is 0 Å². The highest BCUT2D eigenvalue weighted by Gasteiger charge is 2.35. The number of nitrogens with zero attached hydrogens (tertiary/aromatic N) is 3. The molecule has 0 saturated heterocycles. The molecule has 0 atom stereocenters. The Hall–Kier alpha value is -2.07. The minimum absolute atomic E-state index is 0.401. The van der Waals surface area contributed by atoms with E-state index in [0.29, 0.717) is 5.41 Å². The van der Waals surface area contributed by atoms with Crippen LogP contribution in [0, 0.1) is 5.41 Å². The quantitative estimate of drug-likeness (QED) is 0.742. The van der Waals surface area contributed by atoms with Crippen molar-refractivity contribution in [2.75, 3.05) is 11.4 Å². The number of aromatic nitrogens is 2. The number of hydrogen-bond donors (Lipinski definition) is 1. The molecule has 3 aliphatic rings. The van der Waals surface area contributed by atoms with E-state index in [1.165, 1.54) is 40.9 Å². The lowest BCUT2D eigenvalue weighted by Gasteiger charge is -2.33. The molecule has 4 nitrogen and oxygen atoms in total. The van der Waals surface area contributed by atoms with E-state index in [1.807, 2.05) is 33.9 Å². The first-order valence-corrected chi connectivity index (χ1v) is 10.9. The van der Waals surface area contributed by atoms with Crippen molar-refractivity contribution in [3.05, 3.63) is 53.0 Å². The van der Waals surface area contributed by atoms with Gasteiger partial charge in [0.15, 0.2) is 0 Å². The molecule has 152 valence electrons. The summed E-state index contributed by atoms with van der Waals surface area (Å²) >= 11 is 0. The molecule has 0 fully saturated rings. The van der Waals surface area contributed by atoms with Crippen LogP contribution >= 0.6 is 0 Å². The zero-order valence-corrected chi connectivity index (χ0v) is 18.5. The summed E-state index contributed by atoms with van der Waals surface area (Å²) in [6.07, 6.45) is 4.29. The summed E-state index contributed by atoms with van der Waals surface area (Å²) in [7, 11) is 0. The average molecular weight is 381 g/mol. The number of pyridine rings is 1. The Kier molecular flexibility index (Phi) is 5.99. The normalized spacial score (nSPS) is 18.4. The number of fused-ring (bicyclic) bond motifs is 4. The van der Waals surface area contributed by atoms with Gasteiger partial charge in [0.1, 0.15) is 5.82 Å². The van der Waals surface area contributed by atoms with Crippen LogP contribution in [0.1, 0.15) is 69.6 Å². The van der Waals surface area contributed by atoms with Crippen molar-refractivity contribution < 1.29 is 0 Å². The molecule has 0 amide bonds. The number of hydrogen-bond acceptors (Lipinski definition) is 3. The largest absolute Gasteiger partial charge is 0.341 e. The Morgan fingerprint density at radius 2 is 1.79 bits per heavy atom. The highest BCUT2D eigenvalue weighted by molar-refractivity contribution is 5.79. The lowest BCUT2D eigenvalue weighted by molar-refractivity contribution is 0.384. The van der Waals surface area contributed by atoms with Crippen molar-refractivity contribution in [1.82, 2.24) is 14.9 Å². The van der Waals surface area contributed by atoms with Crippen LogP contribution in [0.4, 0.5) is 5.82 Å². The van der Waals surface area contributed by atoms with Crippen LogP contribution in [0.25, 0.3) is 5.70 Å². The average Bonchev–Trinajstić information content (AvgIpc) is 3.38. The van der Waals surface area contributed by atoms with E-state index in [0.717, 1.165) is 37.7 Å². The van der Waals surface area contributed by atoms with Gasteiger partial charge in [0.25, 0.3) is 0 Å². The maximum absolute atomic E-state index is 4.70. The lowest BCUT2D eigenvalue weighted by atomic mass is 9.90. The second kappa shape index (κ2) is 8.12. The van der Waals surface area contributed by atoms with Crippen LogP contribution < -0.4 is 10.2 Å². The summed E-state index contributed by atoms with van der Waals surface area (Å²) in [4.78, 5) is 7.02. The molecule has 2 aromatic heterocycles. The van der Waals surface area contributed by atoms with Gasteiger partial charge in [-0.1, -0.05) is 48.1 Å². The van der Waals surface area contributed by atoms with Crippen molar-refractivity contribution in [1.29, 1.82) is 0 Å². The van der Waals surface area contributed by atoms with Gasteiger partial charge in [-0.15, -0.1) is 0 Å². The molecule has 0 unspecified atom stereocenters. The van der Waals surface area contributed by atoms with E-state index >= 15 is 0 Å². The van der Waals surface area contributed by atoms with Crippen molar-refractivity contribution in [2.45, 2.75) is 74.0 Å². The number of anilines is 1. The summed E-state index contributed by atoms with van der Waals surface area (Å²) in [5.74, 6) is 1.09. The van der Waals surface area contributed by atoms with Gasteiger partial charge in [0, 0.05) is 43.6 Å². The predicted octanol–water partition coefficient (Wildman–Crippen LogP) is 5.15. The zero-order valence-electron chi connectivity index (χ0n) is 18.5. The van der Waals surface area contributed by atoms with Crippen molar-refractivity contribution in [3.8, 4) is 0 Å². The second-order valence-electron chi connectivity index (χ2n) is 8.15. The highest BCUT2D eigenvalue weighted by Crippen LogP contribution is 2.42. The lowest BCUT2D eigenvalue weighted by Crippen LogP contribution is -2.34. The topological polar surface area (TPSA) is 33.1 Å². The maximum atomic E-state index is 4.70. The Balaban J connectivity index is 0.000000531. The standard InChI is InChI=1S/C20H24N4.2C2H6/c1-13-17-8-15-9-20(2,3)10-18(15)24(17)7-6-23(13)19-16-12-21-11-14(16)4-5-22-19;2*1-2/h4-5,8,21H,1,6-7,9-12H2,2-3H3;2*1-2H3. The fraction of sp³-hybridized carbons (Fsp3) is 0.542. The first-order valence-electron chi connectivity index (χ1n) is 10.9. The van der Waals surface area contributed by atoms with Crippen LogP contribution in [-0.4, -0.2) is 16.1 Å². The minimum Gasteiger partial charge on any atom is -0.341 e. The number of rotatable bonds is 1. The monoisotopic (exact) mass is 380 g/mol. The molecule has 0 bridgehead atoms. The van der Waals surface area contributed by atoms with Gasteiger partial charge in [-0.3, -0.25) is 0 Å². The van der Waals surface area contributed by atoms with E-state index in [4.69, 9.17) is 4.98 Å². The van der Waals surface area contributed by atoms with Crippen molar-refractivity contribution in [3.63, 3.8) is 0 Å².